The molecule has 0 radical (unpaired) electrons. The Hall–Kier alpha value is -1.82. The summed E-state index contributed by atoms with van der Waals surface area (Å²) >= 11 is 0. The Labute approximate surface area is 253 Å². The molecule has 1 aliphatic heterocycles. The van der Waals surface area contributed by atoms with Gasteiger partial charge in [0.2, 0.25) is 11.4 Å². The van der Waals surface area contributed by atoms with E-state index in [0.717, 1.165) is 73.9 Å². The fraction of sp³-hybridized carbons (Fsp3) is 0.556. The topological polar surface area (TPSA) is 25.3 Å². The minimum Gasteiger partial charge on any atom is -0.493 e. The Bertz CT molecular complexity index is 1010. The molecule has 0 saturated heterocycles. The van der Waals surface area contributed by atoms with E-state index in [9.17, 15) is 5.53 Å². The molecule has 0 saturated carbocycles. The van der Waals surface area contributed by atoms with Crippen LogP contribution in [0.1, 0.15) is 140 Å². The van der Waals surface area contributed by atoms with E-state index in [4.69, 9.17) is 0 Å². The fourth-order valence-corrected chi connectivity index (χ4v) is 5.75. The average Bonchev–Trinajstić information content (AvgIpc) is 3.22. The van der Waals surface area contributed by atoms with Gasteiger partial charge in [0.25, 0.3) is 0 Å². The summed E-state index contributed by atoms with van der Waals surface area (Å²) in [4.78, 5) is 0. The predicted molar refractivity (Wildman–Crippen MR) is 165 cm³/mol. The molecule has 0 unspecified atom stereocenters. The molecule has 0 N–H and O–H groups in total. The standard InChI is InChI=1S/C36H52N2.Pd/c1-5-9-13-15-19-29-21-17-23-31(27-29)35-33(25-11-7-3)34(26-12-8-4)36(38(35)37)32-24-18-22-30(28-32)20-16-14-10-6-2;/h17-18,21-24,27-28H,5-16,19-20,25-26H2,1-4H3;. The maximum atomic E-state index is 11.9. The summed E-state index contributed by atoms with van der Waals surface area (Å²) in [6.45, 7) is 9.07. The van der Waals surface area contributed by atoms with Gasteiger partial charge in [-0.25, -0.2) is 4.70 Å². The summed E-state index contributed by atoms with van der Waals surface area (Å²) < 4.78 is 1.56. The molecule has 2 aromatic carbocycles. The number of hydrogen-bond acceptors (Lipinski definition) is 0. The summed E-state index contributed by atoms with van der Waals surface area (Å²) in [6, 6.07) is 17.9. The molecule has 0 aliphatic carbocycles. The van der Waals surface area contributed by atoms with Crippen molar-refractivity contribution in [2.45, 2.75) is 130 Å². The summed E-state index contributed by atoms with van der Waals surface area (Å²) in [5, 5.41) is 0. The fourth-order valence-electron chi connectivity index (χ4n) is 5.75. The zero-order chi connectivity index (χ0) is 27.2. The van der Waals surface area contributed by atoms with Crippen LogP contribution in [-0.4, -0.2) is 4.70 Å². The molecule has 1 heterocycles. The summed E-state index contributed by atoms with van der Waals surface area (Å²) in [5.41, 5.74) is 21.7. The van der Waals surface area contributed by atoms with Crippen LogP contribution in [0.4, 0.5) is 0 Å². The van der Waals surface area contributed by atoms with E-state index in [-0.39, 0.29) is 20.4 Å². The zero-order valence-corrected chi connectivity index (χ0v) is 26.7. The summed E-state index contributed by atoms with van der Waals surface area (Å²) in [7, 11) is 0. The summed E-state index contributed by atoms with van der Waals surface area (Å²) in [5.74, 6) is 0. The van der Waals surface area contributed by atoms with Crippen LogP contribution in [0, 0.1) is 0 Å². The Kier molecular flexibility index (Phi) is 15.9. The normalized spacial score (nSPS) is 13.4. The van der Waals surface area contributed by atoms with Gasteiger partial charge < -0.3 is 5.53 Å². The largest absolute Gasteiger partial charge is 0.493 e. The SMILES string of the molecule is CCCCCCc1cccc(C2=C(CCCC)C(CCCC)=C(c3cccc(CCCCCC)c3)[N+]2=[N-])c1.[Pd]. The van der Waals surface area contributed by atoms with Crippen molar-refractivity contribution < 1.29 is 25.1 Å². The molecule has 0 bridgehead atoms. The van der Waals surface area contributed by atoms with Crippen molar-refractivity contribution in [1.29, 1.82) is 0 Å². The van der Waals surface area contributed by atoms with Crippen molar-refractivity contribution in [3.63, 3.8) is 0 Å². The van der Waals surface area contributed by atoms with Gasteiger partial charge in [-0.2, -0.15) is 0 Å². The zero-order valence-electron chi connectivity index (χ0n) is 25.1. The molecule has 0 aromatic heterocycles. The van der Waals surface area contributed by atoms with Crippen molar-refractivity contribution in [2.75, 3.05) is 0 Å². The number of aryl methyl sites for hydroxylation is 2. The first-order valence-electron chi connectivity index (χ1n) is 15.8. The first-order valence-corrected chi connectivity index (χ1v) is 15.8. The van der Waals surface area contributed by atoms with Crippen molar-refractivity contribution in [3.05, 3.63) is 87.5 Å². The van der Waals surface area contributed by atoms with Crippen molar-refractivity contribution >= 4 is 11.4 Å². The van der Waals surface area contributed by atoms with Crippen LogP contribution in [0.2, 0.25) is 0 Å². The molecule has 39 heavy (non-hydrogen) atoms. The molecule has 2 nitrogen and oxygen atoms in total. The molecular formula is C36H52N2Pd. The third-order valence-corrected chi connectivity index (χ3v) is 7.96. The van der Waals surface area contributed by atoms with E-state index in [1.807, 2.05) is 0 Å². The third-order valence-electron chi connectivity index (χ3n) is 7.96. The van der Waals surface area contributed by atoms with Crippen LogP contribution in [0.25, 0.3) is 16.9 Å². The molecular weight excluding hydrogens is 567 g/mol. The van der Waals surface area contributed by atoms with Crippen LogP contribution in [0.15, 0.2) is 59.7 Å². The van der Waals surface area contributed by atoms with Gasteiger partial charge in [0.05, 0.1) is 0 Å². The van der Waals surface area contributed by atoms with Crippen LogP contribution < -0.4 is 0 Å². The minimum atomic E-state index is 0. The molecule has 3 heteroatoms. The number of rotatable bonds is 18. The van der Waals surface area contributed by atoms with E-state index in [0.29, 0.717) is 0 Å². The Balaban J connectivity index is 0.00000533. The van der Waals surface area contributed by atoms with Crippen LogP contribution >= 0.6 is 0 Å². The average molecular weight is 619 g/mol. The van der Waals surface area contributed by atoms with E-state index in [1.165, 1.54) is 73.6 Å². The Morgan fingerprint density at radius 2 is 0.923 bits per heavy atom. The second-order valence-electron chi connectivity index (χ2n) is 11.2. The van der Waals surface area contributed by atoms with Gasteiger partial charge in [0.1, 0.15) is 0 Å². The van der Waals surface area contributed by atoms with Crippen LogP contribution in [-0.2, 0) is 33.3 Å². The minimum absolute atomic E-state index is 0. The maximum absolute atomic E-state index is 11.9. The smallest absolute Gasteiger partial charge is 0.211 e. The number of unbranched alkanes of at least 4 members (excludes halogenated alkanes) is 8. The maximum Gasteiger partial charge on any atom is 0.211 e. The van der Waals surface area contributed by atoms with Crippen LogP contribution in [0.3, 0.4) is 0 Å². The monoisotopic (exact) mass is 618 g/mol. The Morgan fingerprint density at radius 1 is 0.513 bits per heavy atom. The number of benzene rings is 2. The summed E-state index contributed by atoms with van der Waals surface area (Å²) in [6.07, 6.45) is 19.1. The van der Waals surface area contributed by atoms with Gasteiger partial charge in [-0.3, -0.25) is 0 Å². The van der Waals surface area contributed by atoms with Crippen LogP contribution in [0.5, 0.6) is 0 Å². The Morgan fingerprint density at radius 3 is 1.31 bits per heavy atom. The second kappa shape index (κ2) is 18.5. The molecule has 0 spiro atoms. The number of nitrogens with zero attached hydrogens (tertiary/aromatic N) is 2. The molecule has 0 fully saturated rings. The molecule has 0 atom stereocenters. The first-order chi connectivity index (χ1) is 18.6. The third kappa shape index (κ3) is 9.65. The van der Waals surface area contributed by atoms with Crippen molar-refractivity contribution in [2.24, 2.45) is 0 Å². The molecule has 0 amide bonds. The van der Waals surface area contributed by atoms with Crippen molar-refractivity contribution in [1.82, 2.24) is 0 Å². The van der Waals surface area contributed by atoms with Gasteiger partial charge in [0.15, 0.2) is 0 Å². The van der Waals surface area contributed by atoms with Gasteiger partial charge in [-0.15, -0.1) is 0 Å². The van der Waals surface area contributed by atoms with E-state index >= 15 is 0 Å². The van der Waals surface area contributed by atoms with Gasteiger partial charge in [-0.05, 0) is 86.8 Å². The molecule has 3 rings (SSSR count). The number of hydrogen-bond donors (Lipinski definition) is 0. The van der Waals surface area contributed by atoms with Crippen molar-refractivity contribution in [3.8, 4) is 0 Å². The first kappa shape index (κ1) is 33.4. The van der Waals surface area contributed by atoms with E-state index in [2.05, 4.69) is 76.2 Å². The second-order valence-corrected chi connectivity index (χ2v) is 11.2. The molecule has 216 valence electrons. The van der Waals surface area contributed by atoms with Gasteiger partial charge in [-0.1, -0.05) is 103 Å². The van der Waals surface area contributed by atoms with Gasteiger partial charge in [0, 0.05) is 42.7 Å². The van der Waals surface area contributed by atoms with E-state index in [1.54, 1.807) is 4.70 Å². The van der Waals surface area contributed by atoms with Gasteiger partial charge >= 0.3 is 0 Å². The number of allylic oxidation sites excluding steroid dienone is 2. The quantitative estimate of drug-likeness (QED) is 0.0902. The molecule has 2 aromatic rings. The molecule has 1 aliphatic rings. The van der Waals surface area contributed by atoms with E-state index < -0.39 is 0 Å². The predicted octanol–water partition coefficient (Wildman–Crippen LogP) is 11.5.